The van der Waals surface area contributed by atoms with Crippen molar-refractivity contribution in [2.75, 3.05) is 6.61 Å². The summed E-state index contributed by atoms with van der Waals surface area (Å²) in [5.74, 6) is 0.754. The molecule has 0 N–H and O–H groups in total. The SMILES string of the molecule is CC(C)[Si](OCC[C@@H]1O[C@H](C[C@H](O[Si](C(C)C)(C(C)C)C(C)C)[C@@H]2C[C@H]2C)OC(=O)[C@H]1C)(C(C)C)C(C)C. The molecule has 0 radical (unpaired) electrons. The molecule has 1 saturated heterocycles. The minimum Gasteiger partial charge on any atom is -0.435 e. The maximum atomic E-state index is 13.0. The molecule has 1 heterocycles. The summed E-state index contributed by atoms with van der Waals surface area (Å²) in [5, 5.41) is 0. The van der Waals surface area contributed by atoms with E-state index in [1.807, 2.05) is 6.92 Å². The molecule has 0 aromatic heterocycles. The molecule has 38 heavy (non-hydrogen) atoms. The molecule has 0 spiro atoms. The van der Waals surface area contributed by atoms with Crippen molar-refractivity contribution in [2.45, 2.75) is 168 Å². The molecule has 1 saturated carbocycles. The molecule has 7 heteroatoms. The van der Waals surface area contributed by atoms with Crippen molar-refractivity contribution >= 4 is 22.6 Å². The van der Waals surface area contributed by atoms with Gasteiger partial charge in [0.15, 0.2) is 8.32 Å². The molecule has 224 valence electrons. The van der Waals surface area contributed by atoms with Crippen molar-refractivity contribution in [3.05, 3.63) is 0 Å². The van der Waals surface area contributed by atoms with E-state index in [2.05, 4.69) is 90.0 Å². The van der Waals surface area contributed by atoms with Gasteiger partial charge in [0.1, 0.15) is 0 Å². The van der Waals surface area contributed by atoms with Crippen LogP contribution in [0.2, 0.25) is 33.2 Å². The highest BCUT2D eigenvalue weighted by molar-refractivity contribution is 6.78. The van der Waals surface area contributed by atoms with Crippen LogP contribution in [0.5, 0.6) is 0 Å². The topological polar surface area (TPSA) is 54.0 Å². The van der Waals surface area contributed by atoms with Crippen LogP contribution in [-0.4, -0.2) is 47.7 Å². The monoisotopic (exact) mass is 570 g/mol. The first-order valence-electron chi connectivity index (χ1n) is 15.7. The number of ether oxygens (including phenoxy) is 2. The van der Waals surface area contributed by atoms with Crippen molar-refractivity contribution in [2.24, 2.45) is 17.8 Å². The van der Waals surface area contributed by atoms with Crippen molar-refractivity contribution in [3.8, 4) is 0 Å². The zero-order valence-electron chi connectivity index (χ0n) is 27.3. The molecule has 2 fully saturated rings. The number of carbonyl (C=O) groups excluding carboxylic acids is 1. The summed E-state index contributed by atoms with van der Waals surface area (Å²) < 4.78 is 26.5. The molecule has 5 nitrogen and oxygen atoms in total. The van der Waals surface area contributed by atoms with Crippen LogP contribution >= 0.6 is 0 Å². The first kappa shape index (κ1) is 34.0. The fourth-order valence-electron chi connectivity index (χ4n) is 8.04. The van der Waals surface area contributed by atoms with Crippen LogP contribution in [0.1, 0.15) is 116 Å². The summed E-state index contributed by atoms with van der Waals surface area (Å²) in [4.78, 5) is 13.0. The van der Waals surface area contributed by atoms with Gasteiger partial charge in [0.2, 0.25) is 14.6 Å². The molecule has 2 aliphatic rings. The van der Waals surface area contributed by atoms with Gasteiger partial charge in [-0.1, -0.05) is 90.0 Å². The minimum absolute atomic E-state index is 0.0786. The molecule has 0 amide bonds. The van der Waals surface area contributed by atoms with Gasteiger partial charge in [0.05, 0.1) is 18.1 Å². The number of esters is 1. The summed E-state index contributed by atoms with van der Waals surface area (Å²) in [6, 6.07) is 0. The van der Waals surface area contributed by atoms with E-state index in [0.29, 0.717) is 58.1 Å². The van der Waals surface area contributed by atoms with Crippen molar-refractivity contribution in [3.63, 3.8) is 0 Å². The van der Waals surface area contributed by atoms with Gasteiger partial charge in [-0.05, 0) is 64.8 Å². The standard InChI is InChI=1S/C31H62O5Si2/c1-19(2)37(20(3)4,21(5)6)33-16-15-28-26(14)31(32)35-30(34-28)18-29(27-17-25(27)13)36-38(22(7)8,23(9)10)24(11)12/h19-30H,15-18H2,1-14H3/t25-,26+,27-,28+,29+,30+/m1/s1. The second kappa shape index (κ2) is 13.6. The lowest BCUT2D eigenvalue weighted by Crippen LogP contribution is -2.52. The Balaban J connectivity index is 2.16. The largest absolute Gasteiger partial charge is 0.435 e. The van der Waals surface area contributed by atoms with Gasteiger partial charge in [0, 0.05) is 13.0 Å². The fourth-order valence-corrected chi connectivity index (χ4v) is 19.1. The van der Waals surface area contributed by atoms with Gasteiger partial charge < -0.3 is 18.3 Å². The lowest BCUT2D eigenvalue weighted by atomic mass is 10.0. The van der Waals surface area contributed by atoms with E-state index in [1.54, 1.807) is 0 Å². The third-order valence-corrected chi connectivity index (χ3v) is 22.3. The second-order valence-corrected chi connectivity index (χ2v) is 25.2. The highest BCUT2D eigenvalue weighted by Crippen LogP contribution is 2.50. The smallest absolute Gasteiger partial charge is 0.313 e. The van der Waals surface area contributed by atoms with Crippen molar-refractivity contribution in [1.29, 1.82) is 0 Å². The van der Waals surface area contributed by atoms with Crippen LogP contribution in [0.25, 0.3) is 0 Å². The summed E-state index contributed by atoms with van der Waals surface area (Å²) in [6.45, 7) is 32.8. The molecule has 2 rings (SSSR count). The van der Waals surface area contributed by atoms with Crippen LogP contribution in [0, 0.1) is 17.8 Å². The molecule has 0 aromatic carbocycles. The molecule has 0 bridgehead atoms. The van der Waals surface area contributed by atoms with Gasteiger partial charge in [-0.15, -0.1) is 0 Å². The number of carbonyl (C=O) groups is 1. The Morgan fingerprint density at radius 1 is 0.789 bits per heavy atom. The van der Waals surface area contributed by atoms with Crippen molar-refractivity contribution < 1.29 is 23.1 Å². The van der Waals surface area contributed by atoms with E-state index in [9.17, 15) is 4.79 Å². The van der Waals surface area contributed by atoms with Gasteiger partial charge in [-0.25, -0.2) is 0 Å². The molecule has 1 aliphatic carbocycles. The Kier molecular flexibility index (Phi) is 12.2. The third-order valence-electron chi connectivity index (χ3n) is 10.1. The predicted molar refractivity (Wildman–Crippen MR) is 163 cm³/mol. The molecular formula is C31H62O5Si2. The van der Waals surface area contributed by atoms with Gasteiger partial charge in [0.25, 0.3) is 0 Å². The third kappa shape index (κ3) is 7.16. The fraction of sp³-hybridized carbons (Fsp3) is 0.968. The highest BCUT2D eigenvalue weighted by Gasteiger charge is 2.52. The van der Waals surface area contributed by atoms with Crippen LogP contribution in [0.15, 0.2) is 0 Å². The normalized spacial score (nSPS) is 27.8. The second-order valence-electron chi connectivity index (χ2n) is 14.4. The molecule has 0 aromatic rings. The maximum absolute atomic E-state index is 13.0. The summed E-state index contributed by atoms with van der Waals surface area (Å²) in [5.41, 5.74) is 3.17. The first-order chi connectivity index (χ1) is 17.5. The lowest BCUT2D eigenvalue weighted by molar-refractivity contribution is -0.236. The molecule has 1 aliphatic heterocycles. The number of rotatable bonds is 15. The summed E-state index contributed by atoms with van der Waals surface area (Å²) in [6.07, 6.45) is 1.90. The van der Waals surface area contributed by atoms with E-state index in [1.165, 1.54) is 6.42 Å². The number of hydrogen-bond donors (Lipinski definition) is 0. The Morgan fingerprint density at radius 3 is 1.63 bits per heavy atom. The zero-order valence-corrected chi connectivity index (χ0v) is 29.3. The zero-order chi connectivity index (χ0) is 29.2. The van der Waals surface area contributed by atoms with E-state index in [0.717, 1.165) is 6.42 Å². The van der Waals surface area contributed by atoms with Gasteiger partial charge >= 0.3 is 5.97 Å². The average molecular weight is 571 g/mol. The van der Waals surface area contributed by atoms with Crippen molar-refractivity contribution in [1.82, 2.24) is 0 Å². The Bertz CT molecular complexity index is 707. The van der Waals surface area contributed by atoms with Crippen LogP contribution in [0.3, 0.4) is 0 Å². The molecular weight excluding hydrogens is 509 g/mol. The minimum atomic E-state index is -2.06. The summed E-state index contributed by atoms with van der Waals surface area (Å²) in [7, 11) is -4.02. The quantitative estimate of drug-likeness (QED) is 0.145. The molecule has 6 atom stereocenters. The number of hydrogen-bond acceptors (Lipinski definition) is 5. The number of cyclic esters (lactones) is 1. The Hall–Kier alpha value is -0.216. The van der Waals surface area contributed by atoms with Gasteiger partial charge in [-0.3, -0.25) is 4.79 Å². The van der Waals surface area contributed by atoms with Crippen LogP contribution < -0.4 is 0 Å². The molecule has 0 unspecified atom stereocenters. The van der Waals surface area contributed by atoms with E-state index >= 15 is 0 Å². The van der Waals surface area contributed by atoms with E-state index in [-0.39, 0.29) is 24.1 Å². The Labute approximate surface area is 237 Å². The van der Waals surface area contributed by atoms with Crippen LogP contribution in [0.4, 0.5) is 0 Å². The maximum Gasteiger partial charge on any atom is 0.313 e. The predicted octanol–water partition coefficient (Wildman–Crippen LogP) is 9.08. The van der Waals surface area contributed by atoms with Crippen LogP contribution in [-0.2, 0) is 23.1 Å². The van der Waals surface area contributed by atoms with E-state index < -0.39 is 22.9 Å². The highest BCUT2D eigenvalue weighted by atomic mass is 28.4. The van der Waals surface area contributed by atoms with E-state index in [4.69, 9.17) is 18.3 Å². The lowest BCUT2D eigenvalue weighted by Gasteiger charge is -2.46. The first-order valence-corrected chi connectivity index (χ1v) is 20.0. The average Bonchev–Trinajstić information content (AvgIpc) is 3.51. The van der Waals surface area contributed by atoms with Gasteiger partial charge in [-0.2, -0.15) is 0 Å². The Morgan fingerprint density at radius 2 is 1.24 bits per heavy atom. The summed E-state index contributed by atoms with van der Waals surface area (Å²) >= 11 is 0.